The fourth-order valence-corrected chi connectivity index (χ4v) is 1.99. The molecule has 0 radical (unpaired) electrons. The smallest absolute Gasteiger partial charge is 0.248 e. The predicted octanol–water partition coefficient (Wildman–Crippen LogP) is 2.97. The number of carbonyl (C=O) groups excluding carboxylic acids is 1. The van der Waals surface area contributed by atoms with E-state index in [1.54, 1.807) is 19.2 Å². The SMILES string of the molecule is COc1ccc(C(C)Nc2cccc(C(N)=O)c2)cc1. The van der Waals surface area contributed by atoms with E-state index in [1.165, 1.54) is 0 Å². The molecular formula is C16H18N2O2. The van der Waals surface area contributed by atoms with E-state index in [2.05, 4.69) is 12.2 Å². The molecule has 0 spiro atoms. The van der Waals surface area contributed by atoms with Crippen LogP contribution >= 0.6 is 0 Å². The summed E-state index contributed by atoms with van der Waals surface area (Å²) in [5.41, 5.74) is 7.77. The molecule has 0 heterocycles. The molecule has 1 atom stereocenters. The minimum absolute atomic E-state index is 0.115. The molecule has 0 aliphatic carbocycles. The van der Waals surface area contributed by atoms with E-state index >= 15 is 0 Å². The number of hydrogen-bond donors (Lipinski definition) is 2. The molecular weight excluding hydrogens is 252 g/mol. The lowest BCUT2D eigenvalue weighted by atomic mass is 10.1. The highest BCUT2D eigenvalue weighted by molar-refractivity contribution is 5.93. The molecule has 2 rings (SSSR count). The largest absolute Gasteiger partial charge is 0.497 e. The number of ether oxygens (including phenoxy) is 1. The zero-order valence-corrected chi connectivity index (χ0v) is 11.6. The van der Waals surface area contributed by atoms with Crippen LogP contribution in [0.15, 0.2) is 48.5 Å². The summed E-state index contributed by atoms with van der Waals surface area (Å²) in [5.74, 6) is 0.405. The van der Waals surface area contributed by atoms with Gasteiger partial charge >= 0.3 is 0 Å². The number of amides is 1. The van der Waals surface area contributed by atoms with E-state index < -0.39 is 5.91 Å². The van der Waals surface area contributed by atoms with Crippen LogP contribution in [0.4, 0.5) is 5.69 Å². The molecule has 20 heavy (non-hydrogen) atoms. The van der Waals surface area contributed by atoms with E-state index in [-0.39, 0.29) is 6.04 Å². The van der Waals surface area contributed by atoms with E-state index in [0.29, 0.717) is 5.56 Å². The number of nitrogens with one attached hydrogen (secondary N) is 1. The van der Waals surface area contributed by atoms with Gasteiger partial charge in [-0.05, 0) is 42.8 Å². The van der Waals surface area contributed by atoms with Gasteiger partial charge in [0.25, 0.3) is 0 Å². The van der Waals surface area contributed by atoms with E-state index in [1.807, 2.05) is 36.4 Å². The molecule has 0 saturated carbocycles. The van der Waals surface area contributed by atoms with Crippen molar-refractivity contribution in [2.24, 2.45) is 5.73 Å². The van der Waals surface area contributed by atoms with Crippen LogP contribution in [0.2, 0.25) is 0 Å². The molecule has 3 N–H and O–H groups in total. The van der Waals surface area contributed by atoms with Crippen molar-refractivity contribution in [3.63, 3.8) is 0 Å². The Morgan fingerprint density at radius 2 is 1.90 bits per heavy atom. The normalized spacial score (nSPS) is 11.7. The maximum Gasteiger partial charge on any atom is 0.248 e. The summed E-state index contributed by atoms with van der Waals surface area (Å²) >= 11 is 0. The summed E-state index contributed by atoms with van der Waals surface area (Å²) in [7, 11) is 1.64. The van der Waals surface area contributed by atoms with E-state index in [0.717, 1.165) is 17.0 Å². The Balaban J connectivity index is 2.12. The Kier molecular flexibility index (Phi) is 4.25. The minimum atomic E-state index is -0.425. The van der Waals surface area contributed by atoms with Crippen molar-refractivity contribution in [3.8, 4) is 5.75 Å². The number of anilines is 1. The van der Waals surface area contributed by atoms with Crippen LogP contribution in [0, 0.1) is 0 Å². The second-order valence-electron chi connectivity index (χ2n) is 4.58. The lowest BCUT2D eigenvalue weighted by Crippen LogP contribution is -2.12. The summed E-state index contributed by atoms with van der Waals surface area (Å²) in [6.07, 6.45) is 0. The van der Waals surface area contributed by atoms with Crippen LogP contribution in [0.3, 0.4) is 0 Å². The van der Waals surface area contributed by atoms with Crippen molar-refractivity contribution in [1.82, 2.24) is 0 Å². The van der Waals surface area contributed by atoms with Gasteiger partial charge < -0.3 is 15.8 Å². The van der Waals surface area contributed by atoms with Gasteiger partial charge in [0.05, 0.1) is 7.11 Å². The van der Waals surface area contributed by atoms with Gasteiger partial charge in [0, 0.05) is 17.3 Å². The highest BCUT2D eigenvalue weighted by atomic mass is 16.5. The van der Waals surface area contributed by atoms with Gasteiger partial charge in [-0.2, -0.15) is 0 Å². The highest BCUT2D eigenvalue weighted by Crippen LogP contribution is 2.22. The van der Waals surface area contributed by atoms with Crippen LogP contribution in [0.1, 0.15) is 28.9 Å². The summed E-state index contributed by atoms with van der Waals surface area (Å²) in [6.45, 7) is 2.05. The maximum absolute atomic E-state index is 11.2. The molecule has 0 bridgehead atoms. The molecule has 104 valence electrons. The molecule has 1 amide bonds. The first-order valence-corrected chi connectivity index (χ1v) is 6.40. The van der Waals surface area contributed by atoms with E-state index in [9.17, 15) is 4.79 Å². The van der Waals surface area contributed by atoms with Crippen molar-refractivity contribution in [2.45, 2.75) is 13.0 Å². The Labute approximate surface area is 118 Å². The van der Waals surface area contributed by atoms with Gasteiger partial charge in [-0.25, -0.2) is 0 Å². The van der Waals surface area contributed by atoms with E-state index in [4.69, 9.17) is 10.5 Å². The van der Waals surface area contributed by atoms with Gasteiger partial charge in [-0.3, -0.25) is 4.79 Å². The highest BCUT2D eigenvalue weighted by Gasteiger charge is 2.07. The lowest BCUT2D eigenvalue weighted by molar-refractivity contribution is 0.100. The van der Waals surface area contributed by atoms with Gasteiger partial charge in [-0.1, -0.05) is 18.2 Å². The molecule has 1 unspecified atom stereocenters. The number of carbonyl (C=O) groups is 1. The monoisotopic (exact) mass is 270 g/mol. The quantitative estimate of drug-likeness (QED) is 0.878. The molecule has 0 saturated heterocycles. The fraction of sp³-hybridized carbons (Fsp3) is 0.188. The Morgan fingerprint density at radius 1 is 1.20 bits per heavy atom. The van der Waals surface area contributed by atoms with Gasteiger partial charge in [0.1, 0.15) is 5.75 Å². The number of hydrogen-bond acceptors (Lipinski definition) is 3. The minimum Gasteiger partial charge on any atom is -0.497 e. The standard InChI is InChI=1S/C16H18N2O2/c1-11(12-6-8-15(20-2)9-7-12)18-14-5-3-4-13(10-14)16(17)19/h3-11,18H,1-2H3,(H2,17,19). The Bertz CT molecular complexity index is 594. The third-order valence-corrected chi connectivity index (χ3v) is 3.15. The number of methoxy groups -OCH3 is 1. The fourth-order valence-electron chi connectivity index (χ4n) is 1.99. The summed E-state index contributed by atoms with van der Waals surface area (Å²) in [6, 6.07) is 15.1. The molecule has 0 aliphatic rings. The van der Waals surface area contributed by atoms with Crippen molar-refractivity contribution >= 4 is 11.6 Å². The van der Waals surface area contributed by atoms with Crippen LogP contribution in [-0.4, -0.2) is 13.0 Å². The number of rotatable bonds is 5. The molecule has 4 heteroatoms. The summed E-state index contributed by atoms with van der Waals surface area (Å²) in [4.78, 5) is 11.2. The molecule has 0 aromatic heterocycles. The predicted molar refractivity (Wildman–Crippen MR) is 80.0 cm³/mol. The van der Waals surface area contributed by atoms with Crippen molar-refractivity contribution in [2.75, 3.05) is 12.4 Å². The first-order chi connectivity index (χ1) is 9.60. The molecule has 4 nitrogen and oxygen atoms in total. The number of primary amides is 1. The second kappa shape index (κ2) is 6.10. The number of nitrogens with two attached hydrogens (primary N) is 1. The zero-order valence-electron chi connectivity index (χ0n) is 11.6. The Morgan fingerprint density at radius 3 is 2.50 bits per heavy atom. The number of benzene rings is 2. The van der Waals surface area contributed by atoms with Crippen molar-refractivity contribution in [3.05, 3.63) is 59.7 Å². The molecule has 0 fully saturated rings. The third kappa shape index (κ3) is 3.29. The van der Waals surface area contributed by atoms with Crippen molar-refractivity contribution in [1.29, 1.82) is 0 Å². The molecule has 0 aliphatic heterocycles. The summed E-state index contributed by atoms with van der Waals surface area (Å²) < 4.78 is 5.14. The first kappa shape index (κ1) is 13.9. The third-order valence-electron chi connectivity index (χ3n) is 3.15. The molecule has 2 aromatic carbocycles. The zero-order chi connectivity index (χ0) is 14.5. The lowest BCUT2D eigenvalue weighted by Gasteiger charge is -2.16. The topological polar surface area (TPSA) is 64.3 Å². The van der Waals surface area contributed by atoms with Crippen LogP contribution in [-0.2, 0) is 0 Å². The first-order valence-electron chi connectivity index (χ1n) is 6.40. The van der Waals surface area contributed by atoms with Crippen LogP contribution in [0.25, 0.3) is 0 Å². The Hall–Kier alpha value is -2.49. The average molecular weight is 270 g/mol. The summed E-state index contributed by atoms with van der Waals surface area (Å²) in [5, 5.41) is 3.34. The maximum atomic E-state index is 11.2. The second-order valence-corrected chi connectivity index (χ2v) is 4.58. The van der Waals surface area contributed by atoms with Crippen LogP contribution in [0.5, 0.6) is 5.75 Å². The van der Waals surface area contributed by atoms with Crippen LogP contribution < -0.4 is 15.8 Å². The molecule has 2 aromatic rings. The average Bonchev–Trinajstić information content (AvgIpc) is 2.47. The van der Waals surface area contributed by atoms with Gasteiger partial charge in [0.15, 0.2) is 0 Å². The van der Waals surface area contributed by atoms with Gasteiger partial charge in [-0.15, -0.1) is 0 Å². The van der Waals surface area contributed by atoms with Gasteiger partial charge in [0.2, 0.25) is 5.91 Å². The van der Waals surface area contributed by atoms with Crippen molar-refractivity contribution < 1.29 is 9.53 Å².